The molecule has 0 radical (unpaired) electrons. The SMILES string of the molecule is CCC1(C(=O)NCC(C)(C)CCO)CCCNC1. The number of carbonyl (C=O) groups is 1. The Morgan fingerprint density at radius 3 is 2.72 bits per heavy atom. The number of aliphatic hydroxyl groups excluding tert-OH is 1. The van der Waals surface area contributed by atoms with E-state index >= 15 is 0 Å². The summed E-state index contributed by atoms with van der Waals surface area (Å²) < 4.78 is 0. The van der Waals surface area contributed by atoms with Gasteiger partial charge in [-0.05, 0) is 37.6 Å². The van der Waals surface area contributed by atoms with E-state index in [1.165, 1.54) is 0 Å². The van der Waals surface area contributed by atoms with Crippen molar-refractivity contribution in [1.82, 2.24) is 10.6 Å². The maximum Gasteiger partial charge on any atom is 0.227 e. The molecular weight excluding hydrogens is 228 g/mol. The molecular formula is C14H28N2O2. The average molecular weight is 256 g/mol. The highest BCUT2D eigenvalue weighted by Gasteiger charge is 2.38. The number of aliphatic hydroxyl groups is 1. The third kappa shape index (κ3) is 3.95. The van der Waals surface area contributed by atoms with Crippen LogP contribution in [0.25, 0.3) is 0 Å². The smallest absolute Gasteiger partial charge is 0.227 e. The Morgan fingerprint density at radius 2 is 2.22 bits per heavy atom. The molecule has 0 aromatic heterocycles. The molecule has 0 aromatic carbocycles. The molecule has 4 heteroatoms. The van der Waals surface area contributed by atoms with Gasteiger partial charge in [0.2, 0.25) is 5.91 Å². The second kappa shape index (κ2) is 6.53. The van der Waals surface area contributed by atoms with Crippen molar-refractivity contribution < 1.29 is 9.90 Å². The summed E-state index contributed by atoms with van der Waals surface area (Å²) in [4.78, 5) is 12.4. The Kier molecular flexibility index (Phi) is 5.60. The quantitative estimate of drug-likeness (QED) is 0.671. The lowest BCUT2D eigenvalue weighted by atomic mass is 9.77. The van der Waals surface area contributed by atoms with Gasteiger partial charge in [0.05, 0.1) is 5.41 Å². The molecule has 4 nitrogen and oxygen atoms in total. The topological polar surface area (TPSA) is 61.4 Å². The van der Waals surface area contributed by atoms with Crippen molar-refractivity contribution in [3.8, 4) is 0 Å². The van der Waals surface area contributed by atoms with E-state index in [0.29, 0.717) is 13.0 Å². The predicted molar refractivity (Wildman–Crippen MR) is 73.3 cm³/mol. The van der Waals surface area contributed by atoms with Crippen molar-refractivity contribution in [2.45, 2.75) is 46.5 Å². The molecule has 1 aliphatic rings. The van der Waals surface area contributed by atoms with Gasteiger partial charge >= 0.3 is 0 Å². The molecule has 1 amide bonds. The summed E-state index contributed by atoms with van der Waals surface area (Å²) in [6, 6.07) is 0. The van der Waals surface area contributed by atoms with Crippen molar-refractivity contribution in [3.05, 3.63) is 0 Å². The standard InChI is InChI=1S/C14H28N2O2/c1-4-14(6-5-8-15-11-14)12(18)16-10-13(2,3)7-9-17/h15,17H,4-11H2,1-3H3,(H,16,18). The van der Waals surface area contributed by atoms with E-state index in [1.807, 2.05) is 0 Å². The molecule has 1 unspecified atom stereocenters. The zero-order valence-corrected chi connectivity index (χ0v) is 12.0. The minimum Gasteiger partial charge on any atom is -0.396 e. The van der Waals surface area contributed by atoms with E-state index in [0.717, 1.165) is 32.4 Å². The van der Waals surface area contributed by atoms with Gasteiger partial charge in [0.1, 0.15) is 0 Å². The van der Waals surface area contributed by atoms with E-state index in [4.69, 9.17) is 5.11 Å². The van der Waals surface area contributed by atoms with Gasteiger partial charge in [-0.2, -0.15) is 0 Å². The summed E-state index contributed by atoms with van der Waals surface area (Å²) >= 11 is 0. The van der Waals surface area contributed by atoms with Crippen molar-refractivity contribution in [1.29, 1.82) is 0 Å². The van der Waals surface area contributed by atoms with Gasteiger partial charge in [0, 0.05) is 19.7 Å². The molecule has 18 heavy (non-hydrogen) atoms. The minimum absolute atomic E-state index is 0.0402. The summed E-state index contributed by atoms with van der Waals surface area (Å²) in [7, 11) is 0. The van der Waals surface area contributed by atoms with Crippen LogP contribution in [0.15, 0.2) is 0 Å². The van der Waals surface area contributed by atoms with E-state index < -0.39 is 0 Å². The van der Waals surface area contributed by atoms with Crippen LogP contribution in [0.3, 0.4) is 0 Å². The first-order chi connectivity index (χ1) is 8.46. The predicted octanol–water partition coefficient (Wildman–Crippen LogP) is 1.29. The zero-order valence-electron chi connectivity index (χ0n) is 12.0. The Labute approximate surface area is 111 Å². The molecule has 0 saturated carbocycles. The molecule has 0 bridgehead atoms. The fourth-order valence-corrected chi connectivity index (χ4v) is 2.52. The van der Waals surface area contributed by atoms with Crippen molar-refractivity contribution in [2.24, 2.45) is 10.8 Å². The number of amides is 1. The molecule has 1 heterocycles. The van der Waals surface area contributed by atoms with Gasteiger partial charge < -0.3 is 15.7 Å². The number of hydrogen-bond acceptors (Lipinski definition) is 3. The first-order valence-electron chi connectivity index (χ1n) is 7.06. The first-order valence-corrected chi connectivity index (χ1v) is 7.06. The average Bonchev–Trinajstić information content (AvgIpc) is 2.37. The molecule has 106 valence electrons. The highest BCUT2D eigenvalue weighted by atomic mass is 16.3. The van der Waals surface area contributed by atoms with Crippen LogP contribution in [0.4, 0.5) is 0 Å². The fourth-order valence-electron chi connectivity index (χ4n) is 2.52. The summed E-state index contributed by atoms with van der Waals surface area (Å²) in [5.74, 6) is 0.170. The zero-order chi connectivity index (χ0) is 13.6. The molecule has 1 fully saturated rings. The van der Waals surface area contributed by atoms with Crippen LogP contribution in [0.1, 0.15) is 46.5 Å². The van der Waals surface area contributed by atoms with Gasteiger partial charge in [0.15, 0.2) is 0 Å². The van der Waals surface area contributed by atoms with E-state index in [-0.39, 0.29) is 23.3 Å². The van der Waals surface area contributed by atoms with Gasteiger partial charge in [0.25, 0.3) is 0 Å². The van der Waals surface area contributed by atoms with Crippen molar-refractivity contribution >= 4 is 5.91 Å². The van der Waals surface area contributed by atoms with E-state index in [1.54, 1.807) is 0 Å². The minimum atomic E-state index is -0.229. The van der Waals surface area contributed by atoms with Gasteiger partial charge in [-0.1, -0.05) is 20.8 Å². The Morgan fingerprint density at radius 1 is 1.50 bits per heavy atom. The van der Waals surface area contributed by atoms with Crippen molar-refractivity contribution in [2.75, 3.05) is 26.2 Å². The fraction of sp³-hybridized carbons (Fsp3) is 0.929. The van der Waals surface area contributed by atoms with Crippen LogP contribution < -0.4 is 10.6 Å². The molecule has 0 aliphatic carbocycles. The molecule has 1 saturated heterocycles. The summed E-state index contributed by atoms with van der Waals surface area (Å²) in [6.07, 6.45) is 3.64. The molecule has 1 atom stereocenters. The first kappa shape index (κ1) is 15.4. The lowest BCUT2D eigenvalue weighted by Gasteiger charge is -2.36. The third-order valence-electron chi connectivity index (χ3n) is 4.15. The van der Waals surface area contributed by atoms with Crippen LogP contribution >= 0.6 is 0 Å². The lowest BCUT2D eigenvalue weighted by Crippen LogP contribution is -2.51. The second-order valence-corrected chi connectivity index (χ2v) is 6.23. The summed E-state index contributed by atoms with van der Waals surface area (Å²) in [5.41, 5.74) is -0.269. The van der Waals surface area contributed by atoms with E-state index in [2.05, 4.69) is 31.4 Å². The molecule has 0 spiro atoms. The second-order valence-electron chi connectivity index (χ2n) is 6.23. The molecule has 3 N–H and O–H groups in total. The molecule has 1 rings (SSSR count). The van der Waals surface area contributed by atoms with Crippen LogP contribution in [-0.2, 0) is 4.79 Å². The van der Waals surface area contributed by atoms with Crippen LogP contribution in [0.5, 0.6) is 0 Å². The van der Waals surface area contributed by atoms with Gasteiger partial charge in [-0.25, -0.2) is 0 Å². The summed E-state index contributed by atoms with van der Waals surface area (Å²) in [5, 5.41) is 15.4. The number of piperidine rings is 1. The number of hydrogen-bond donors (Lipinski definition) is 3. The third-order valence-corrected chi connectivity index (χ3v) is 4.15. The largest absolute Gasteiger partial charge is 0.396 e. The maximum atomic E-state index is 12.4. The normalized spacial score (nSPS) is 24.9. The van der Waals surface area contributed by atoms with Crippen LogP contribution in [0, 0.1) is 10.8 Å². The Hall–Kier alpha value is -0.610. The molecule has 0 aromatic rings. The highest BCUT2D eigenvalue weighted by molar-refractivity contribution is 5.83. The monoisotopic (exact) mass is 256 g/mol. The van der Waals surface area contributed by atoms with Crippen LogP contribution in [-0.4, -0.2) is 37.3 Å². The van der Waals surface area contributed by atoms with Gasteiger partial charge in [-0.3, -0.25) is 4.79 Å². The number of nitrogens with one attached hydrogen (secondary N) is 2. The van der Waals surface area contributed by atoms with E-state index in [9.17, 15) is 4.79 Å². The lowest BCUT2D eigenvalue weighted by molar-refractivity contribution is -0.132. The Balaban J connectivity index is 2.52. The number of carbonyl (C=O) groups excluding carboxylic acids is 1. The number of rotatable bonds is 6. The Bertz CT molecular complexity index is 271. The van der Waals surface area contributed by atoms with Crippen molar-refractivity contribution in [3.63, 3.8) is 0 Å². The van der Waals surface area contributed by atoms with Crippen LogP contribution in [0.2, 0.25) is 0 Å². The van der Waals surface area contributed by atoms with Gasteiger partial charge in [-0.15, -0.1) is 0 Å². The highest BCUT2D eigenvalue weighted by Crippen LogP contribution is 2.30. The molecule has 1 aliphatic heterocycles. The maximum absolute atomic E-state index is 12.4. The summed E-state index contributed by atoms with van der Waals surface area (Å²) in [6.45, 7) is 8.84.